The number of fused-ring (bicyclic) bond motifs is 1. The Kier molecular flexibility index (Phi) is 3.18. The molecule has 0 atom stereocenters. The van der Waals surface area contributed by atoms with Crippen molar-refractivity contribution in [3.8, 4) is 0 Å². The zero-order valence-electron chi connectivity index (χ0n) is 12.7. The third-order valence-corrected chi connectivity index (χ3v) is 4.07. The molecule has 23 heavy (non-hydrogen) atoms. The summed E-state index contributed by atoms with van der Waals surface area (Å²) in [7, 11) is 1.65. The third kappa shape index (κ3) is 2.50. The number of aryl methyl sites for hydroxylation is 1. The van der Waals surface area contributed by atoms with Crippen molar-refractivity contribution in [3.63, 3.8) is 0 Å². The fourth-order valence-electron chi connectivity index (χ4n) is 2.71. The second kappa shape index (κ2) is 5.34. The molecule has 4 rings (SSSR count). The predicted octanol–water partition coefficient (Wildman–Crippen LogP) is -0.455. The summed E-state index contributed by atoms with van der Waals surface area (Å²) in [5.41, 5.74) is 1.51. The minimum absolute atomic E-state index is 0.0929. The summed E-state index contributed by atoms with van der Waals surface area (Å²) in [5, 5.41) is 16.4. The summed E-state index contributed by atoms with van der Waals surface area (Å²) in [4.78, 5) is 16.1. The molecule has 1 aliphatic rings. The molecule has 0 aromatic carbocycles. The maximum atomic E-state index is 11.7. The standard InChI is InChI=1S/C14H16N8O/c1-19-14(23)8-11(9-16-19)20-4-6-21(7-5-20)13-3-2-12-17-15-10-22(12)18-13/h2-3,8-10H,4-7H2,1H3. The lowest BCUT2D eigenvalue weighted by atomic mass is 10.3. The third-order valence-electron chi connectivity index (χ3n) is 4.07. The van der Waals surface area contributed by atoms with E-state index in [4.69, 9.17) is 0 Å². The largest absolute Gasteiger partial charge is 0.367 e. The van der Waals surface area contributed by atoms with Crippen molar-refractivity contribution in [2.24, 2.45) is 7.05 Å². The summed E-state index contributed by atoms with van der Waals surface area (Å²) in [5.74, 6) is 0.902. The van der Waals surface area contributed by atoms with Gasteiger partial charge in [-0.05, 0) is 12.1 Å². The highest BCUT2D eigenvalue weighted by atomic mass is 16.1. The Balaban J connectivity index is 1.49. The molecule has 0 bridgehead atoms. The second-order valence-electron chi connectivity index (χ2n) is 5.47. The zero-order chi connectivity index (χ0) is 15.8. The number of hydrogen-bond acceptors (Lipinski definition) is 7. The van der Waals surface area contributed by atoms with Crippen molar-refractivity contribution in [2.75, 3.05) is 36.0 Å². The van der Waals surface area contributed by atoms with Gasteiger partial charge in [-0.25, -0.2) is 4.68 Å². The number of aromatic nitrogens is 6. The van der Waals surface area contributed by atoms with E-state index in [0.717, 1.165) is 43.3 Å². The van der Waals surface area contributed by atoms with Gasteiger partial charge in [-0.1, -0.05) is 0 Å². The first-order chi connectivity index (χ1) is 11.2. The summed E-state index contributed by atoms with van der Waals surface area (Å²) >= 11 is 0. The van der Waals surface area contributed by atoms with Crippen LogP contribution in [0.1, 0.15) is 0 Å². The van der Waals surface area contributed by atoms with Gasteiger partial charge in [-0.2, -0.15) is 9.61 Å². The lowest BCUT2D eigenvalue weighted by Crippen LogP contribution is -2.47. The molecule has 0 N–H and O–H groups in total. The average Bonchev–Trinajstić information content (AvgIpc) is 3.05. The first kappa shape index (κ1) is 13.7. The smallest absolute Gasteiger partial charge is 0.268 e. The highest BCUT2D eigenvalue weighted by Gasteiger charge is 2.19. The van der Waals surface area contributed by atoms with Crippen LogP contribution < -0.4 is 15.4 Å². The maximum Gasteiger partial charge on any atom is 0.268 e. The van der Waals surface area contributed by atoms with Crippen LogP contribution in [-0.4, -0.2) is 55.8 Å². The molecular weight excluding hydrogens is 296 g/mol. The Morgan fingerprint density at radius 1 is 1.09 bits per heavy atom. The molecule has 0 aliphatic carbocycles. The fourth-order valence-corrected chi connectivity index (χ4v) is 2.71. The van der Waals surface area contributed by atoms with E-state index >= 15 is 0 Å². The lowest BCUT2D eigenvalue weighted by Gasteiger charge is -2.36. The number of piperazine rings is 1. The van der Waals surface area contributed by atoms with Crippen LogP contribution in [-0.2, 0) is 7.05 Å². The lowest BCUT2D eigenvalue weighted by molar-refractivity contribution is 0.633. The van der Waals surface area contributed by atoms with E-state index in [2.05, 4.69) is 30.2 Å². The molecule has 9 nitrogen and oxygen atoms in total. The van der Waals surface area contributed by atoms with Crippen LogP contribution in [0.5, 0.6) is 0 Å². The number of hydrogen-bond donors (Lipinski definition) is 0. The molecule has 3 aromatic heterocycles. The first-order valence-electron chi connectivity index (χ1n) is 7.41. The van der Waals surface area contributed by atoms with Crippen LogP contribution in [0.2, 0.25) is 0 Å². The van der Waals surface area contributed by atoms with Crippen molar-refractivity contribution < 1.29 is 0 Å². The van der Waals surface area contributed by atoms with Crippen LogP contribution in [0.4, 0.5) is 11.5 Å². The Morgan fingerprint density at radius 3 is 2.65 bits per heavy atom. The predicted molar refractivity (Wildman–Crippen MR) is 84.7 cm³/mol. The molecule has 0 spiro atoms. The molecule has 4 heterocycles. The average molecular weight is 312 g/mol. The Morgan fingerprint density at radius 2 is 1.87 bits per heavy atom. The van der Waals surface area contributed by atoms with Gasteiger partial charge in [0.25, 0.3) is 5.56 Å². The summed E-state index contributed by atoms with van der Waals surface area (Å²) < 4.78 is 3.00. The highest BCUT2D eigenvalue weighted by Crippen LogP contribution is 2.17. The van der Waals surface area contributed by atoms with E-state index in [0.29, 0.717) is 0 Å². The van der Waals surface area contributed by atoms with Crippen LogP contribution in [0.25, 0.3) is 5.65 Å². The Hall–Kier alpha value is -2.97. The minimum atomic E-state index is -0.0929. The van der Waals surface area contributed by atoms with Gasteiger partial charge in [0, 0.05) is 39.3 Å². The van der Waals surface area contributed by atoms with Gasteiger partial charge < -0.3 is 9.80 Å². The second-order valence-corrected chi connectivity index (χ2v) is 5.47. The normalized spacial score (nSPS) is 15.3. The van der Waals surface area contributed by atoms with Gasteiger partial charge in [0.2, 0.25) is 0 Å². The number of rotatable bonds is 2. The summed E-state index contributed by atoms with van der Waals surface area (Å²) in [6.45, 7) is 3.29. The number of anilines is 2. The van der Waals surface area contributed by atoms with E-state index in [9.17, 15) is 4.79 Å². The topological polar surface area (TPSA) is 84.5 Å². The van der Waals surface area contributed by atoms with Gasteiger partial charge in [0.15, 0.2) is 5.65 Å². The van der Waals surface area contributed by atoms with Crippen molar-refractivity contribution in [2.45, 2.75) is 0 Å². The minimum Gasteiger partial charge on any atom is -0.367 e. The van der Waals surface area contributed by atoms with Crippen molar-refractivity contribution in [3.05, 3.63) is 41.1 Å². The van der Waals surface area contributed by atoms with E-state index in [1.54, 1.807) is 30.2 Å². The highest BCUT2D eigenvalue weighted by molar-refractivity contribution is 5.49. The van der Waals surface area contributed by atoms with Crippen LogP contribution in [0.15, 0.2) is 35.5 Å². The molecule has 1 fully saturated rings. The van der Waals surface area contributed by atoms with Crippen LogP contribution >= 0.6 is 0 Å². The quantitative estimate of drug-likeness (QED) is 0.633. The van der Waals surface area contributed by atoms with E-state index in [1.165, 1.54) is 4.68 Å². The molecule has 3 aromatic rings. The molecule has 1 saturated heterocycles. The maximum absolute atomic E-state index is 11.7. The fraction of sp³-hybridized carbons (Fsp3) is 0.357. The molecular formula is C14H16N8O. The van der Waals surface area contributed by atoms with Crippen molar-refractivity contribution in [1.29, 1.82) is 0 Å². The van der Waals surface area contributed by atoms with Crippen LogP contribution in [0.3, 0.4) is 0 Å². The van der Waals surface area contributed by atoms with Gasteiger partial charge in [-0.15, -0.1) is 15.3 Å². The van der Waals surface area contributed by atoms with E-state index in [-0.39, 0.29) is 5.56 Å². The SMILES string of the molecule is Cn1ncc(N2CCN(c3ccc4nncn4n3)CC2)cc1=O. The van der Waals surface area contributed by atoms with Crippen molar-refractivity contribution in [1.82, 2.24) is 29.6 Å². The van der Waals surface area contributed by atoms with Crippen LogP contribution in [0, 0.1) is 0 Å². The molecule has 0 unspecified atom stereocenters. The Labute approximate surface area is 131 Å². The molecule has 0 saturated carbocycles. The summed E-state index contributed by atoms with van der Waals surface area (Å²) in [6.07, 6.45) is 3.33. The van der Waals surface area contributed by atoms with Gasteiger partial charge in [0.1, 0.15) is 12.1 Å². The van der Waals surface area contributed by atoms with Crippen molar-refractivity contribution >= 4 is 17.2 Å². The monoisotopic (exact) mass is 312 g/mol. The van der Waals surface area contributed by atoms with Gasteiger partial charge >= 0.3 is 0 Å². The molecule has 118 valence electrons. The van der Waals surface area contributed by atoms with E-state index in [1.807, 2.05) is 12.1 Å². The van der Waals surface area contributed by atoms with Gasteiger partial charge in [-0.3, -0.25) is 4.79 Å². The molecule has 0 amide bonds. The number of nitrogens with zero attached hydrogens (tertiary/aromatic N) is 8. The molecule has 9 heteroatoms. The van der Waals surface area contributed by atoms with Gasteiger partial charge in [0.05, 0.1) is 11.9 Å². The first-order valence-corrected chi connectivity index (χ1v) is 7.41. The zero-order valence-corrected chi connectivity index (χ0v) is 12.7. The Bertz CT molecular complexity index is 893. The van der Waals surface area contributed by atoms with E-state index < -0.39 is 0 Å². The molecule has 0 radical (unpaired) electrons. The molecule has 1 aliphatic heterocycles. The summed E-state index contributed by atoms with van der Waals surface area (Å²) in [6, 6.07) is 5.50.